The van der Waals surface area contributed by atoms with Crippen molar-refractivity contribution in [2.45, 2.75) is 0 Å². The van der Waals surface area contributed by atoms with Crippen LogP contribution in [0.2, 0.25) is 0 Å². The van der Waals surface area contributed by atoms with Gasteiger partial charge in [-0.25, -0.2) is 9.97 Å². The molecule has 0 aromatic carbocycles. The van der Waals surface area contributed by atoms with Crippen molar-refractivity contribution in [2.75, 3.05) is 11.9 Å². The average molecular weight is 235 g/mol. The molecule has 0 saturated heterocycles. The van der Waals surface area contributed by atoms with E-state index >= 15 is 0 Å². The van der Waals surface area contributed by atoms with E-state index in [0.717, 1.165) is 11.3 Å². The summed E-state index contributed by atoms with van der Waals surface area (Å²) in [5, 5.41) is 15.2. The predicted molar refractivity (Wildman–Crippen MR) is 61.5 cm³/mol. The Bertz CT molecular complexity index is 485. The fourth-order valence-corrected chi connectivity index (χ4v) is 1.84. The zero-order valence-corrected chi connectivity index (χ0v) is 9.07. The molecule has 16 heavy (non-hydrogen) atoms. The van der Waals surface area contributed by atoms with Crippen LogP contribution in [0.4, 0.5) is 5.82 Å². The van der Waals surface area contributed by atoms with Gasteiger partial charge in [-0.15, -0.1) is 0 Å². The molecular weight excluding hydrogens is 226 g/mol. The standard InChI is InChI=1S/C10H9N3O2S/c14-10(15)4-11-9-3-8(12-6-13-9)7-1-2-16-5-7/h1-3,5-6H,4H2,(H,14,15)(H,11,12,13). The lowest BCUT2D eigenvalue weighted by molar-refractivity contribution is -0.134. The number of carboxylic acid groups (broad SMARTS) is 1. The maximum absolute atomic E-state index is 10.4. The molecule has 6 heteroatoms. The van der Waals surface area contributed by atoms with E-state index in [1.807, 2.05) is 16.8 Å². The van der Waals surface area contributed by atoms with Crippen LogP contribution < -0.4 is 5.32 Å². The third kappa shape index (κ3) is 2.54. The summed E-state index contributed by atoms with van der Waals surface area (Å²) >= 11 is 1.58. The van der Waals surface area contributed by atoms with E-state index in [1.54, 1.807) is 17.4 Å². The molecule has 0 spiro atoms. The number of carbonyl (C=O) groups is 1. The van der Waals surface area contributed by atoms with Crippen molar-refractivity contribution in [3.63, 3.8) is 0 Å². The van der Waals surface area contributed by atoms with Crippen LogP contribution in [-0.4, -0.2) is 27.6 Å². The van der Waals surface area contributed by atoms with Gasteiger partial charge >= 0.3 is 5.97 Å². The zero-order valence-electron chi connectivity index (χ0n) is 8.25. The second-order valence-corrected chi connectivity index (χ2v) is 3.83. The monoisotopic (exact) mass is 235 g/mol. The Hall–Kier alpha value is -1.95. The normalized spacial score (nSPS) is 10.0. The highest BCUT2D eigenvalue weighted by molar-refractivity contribution is 7.08. The fraction of sp³-hybridized carbons (Fsp3) is 0.100. The molecule has 0 unspecified atom stereocenters. The highest BCUT2D eigenvalue weighted by Crippen LogP contribution is 2.20. The first kappa shape index (κ1) is 10.6. The Morgan fingerprint density at radius 3 is 3.06 bits per heavy atom. The van der Waals surface area contributed by atoms with E-state index in [9.17, 15) is 4.79 Å². The van der Waals surface area contributed by atoms with Crippen LogP contribution in [0.1, 0.15) is 0 Å². The fourth-order valence-electron chi connectivity index (χ4n) is 1.19. The van der Waals surface area contributed by atoms with Gasteiger partial charge in [-0.1, -0.05) is 0 Å². The number of thiophene rings is 1. The summed E-state index contributed by atoms with van der Waals surface area (Å²) in [5.74, 6) is -0.408. The van der Waals surface area contributed by atoms with Crippen LogP contribution in [0.5, 0.6) is 0 Å². The van der Waals surface area contributed by atoms with Gasteiger partial charge in [0.1, 0.15) is 18.7 Å². The summed E-state index contributed by atoms with van der Waals surface area (Å²) in [6.45, 7) is -0.153. The molecule has 0 amide bonds. The number of anilines is 1. The van der Waals surface area contributed by atoms with E-state index in [2.05, 4.69) is 15.3 Å². The molecule has 0 aliphatic rings. The quantitative estimate of drug-likeness (QED) is 0.843. The molecule has 2 heterocycles. The summed E-state index contributed by atoms with van der Waals surface area (Å²) in [7, 11) is 0. The Kier molecular flexibility index (Phi) is 3.11. The first-order valence-corrected chi connectivity index (χ1v) is 5.50. The molecule has 2 aromatic rings. The maximum Gasteiger partial charge on any atom is 0.322 e. The van der Waals surface area contributed by atoms with E-state index in [-0.39, 0.29) is 6.54 Å². The third-order valence-electron chi connectivity index (χ3n) is 1.90. The van der Waals surface area contributed by atoms with Crippen LogP contribution in [0.25, 0.3) is 11.3 Å². The molecular formula is C10H9N3O2S. The first-order chi connectivity index (χ1) is 7.75. The predicted octanol–water partition coefficient (Wildman–Crippen LogP) is 1.70. The Balaban J connectivity index is 2.17. The molecule has 0 atom stereocenters. The van der Waals surface area contributed by atoms with E-state index < -0.39 is 5.97 Å². The van der Waals surface area contributed by atoms with Crippen molar-refractivity contribution in [2.24, 2.45) is 0 Å². The van der Waals surface area contributed by atoms with Crippen molar-refractivity contribution < 1.29 is 9.90 Å². The van der Waals surface area contributed by atoms with E-state index in [0.29, 0.717) is 5.82 Å². The van der Waals surface area contributed by atoms with E-state index in [1.165, 1.54) is 6.33 Å². The minimum Gasteiger partial charge on any atom is -0.480 e. The minimum absolute atomic E-state index is 0.153. The molecule has 0 fully saturated rings. The van der Waals surface area contributed by atoms with Crippen molar-refractivity contribution in [1.29, 1.82) is 0 Å². The smallest absolute Gasteiger partial charge is 0.322 e. The lowest BCUT2D eigenvalue weighted by atomic mass is 10.2. The molecule has 82 valence electrons. The highest BCUT2D eigenvalue weighted by atomic mass is 32.1. The Labute approximate surface area is 95.8 Å². The third-order valence-corrected chi connectivity index (χ3v) is 2.59. The molecule has 0 saturated carbocycles. The summed E-state index contributed by atoms with van der Waals surface area (Å²) in [6.07, 6.45) is 1.41. The van der Waals surface area contributed by atoms with Crippen LogP contribution in [0.3, 0.4) is 0 Å². The molecule has 0 aliphatic heterocycles. The van der Waals surface area contributed by atoms with Crippen LogP contribution in [0.15, 0.2) is 29.2 Å². The second kappa shape index (κ2) is 4.71. The lowest BCUT2D eigenvalue weighted by Crippen LogP contribution is -2.13. The number of nitrogens with zero attached hydrogens (tertiary/aromatic N) is 2. The topological polar surface area (TPSA) is 75.1 Å². The number of carboxylic acids is 1. The molecule has 5 nitrogen and oxygen atoms in total. The van der Waals surface area contributed by atoms with Crippen molar-refractivity contribution in [3.05, 3.63) is 29.2 Å². The van der Waals surface area contributed by atoms with Gasteiger partial charge < -0.3 is 10.4 Å². The number of nitrogens with one attached hydrogen (secondary N) is 1. The number of rotatable bonds is 4. The summed E-state index contributed by atoms with van der Waals surface area (Å²) in [4.78, 5) is 18.4. The molecule has 0 bridgehead atoms. The van der Waals surface area contributed by atoms with Crippen molar-refractivity contribution >= 4 is 23.1 Å². The molecule has 2 N–H and O–H groups in total. The number of aromatic nitrogens is 2. The minimum atomic E-state index is -0.921. The van der Waals surface area contributed by atoms with Crippen LogP contribution >= 0.6 is 11.3 Å². The van der Waals surface area contributed by atoms with Crippen LogP contribution in [0, 0.1) is 0 Å². The average Bonchev–Trinajstić information content (AvgIpc) is 2.80. The number of aliphatic carboxylic acids is 1. The van der Waals surface area contributed by atoms with Gasteiger partial charge in [0.2, 0.25) is 0 Å². The van der Waals surface area contributed by atoms with Gasteiger partial charge in [-0.2, -0.15) is 11.3 Å². The summed E-state index contributed by atoms with van der Waals surface area (Å²) in [6, 6.07) is 3.68. The molecule has 2 rings (SSSR count). The SMILES string of the molecule is O=C(O)CNc1cc(-c2ccsc2)ncn1. The maximum atomic E-state index is 10.4. The first-order valence-electron chi connectivity index (χ1n) is 4.56. The molecule has 0 aliphatic carbocycles. The number of hydrogen-bond donors (Lipinski definition) is 2. The number of hydrogen-bond acceptors (Lipinski definition) is 5. The van der Waals surface area contributed by atoms with Gasteiger partial charge in [-0.3, -0.25) is 4.79 Å². The molecule has 2 aromatic heterocycles. The van der Waals surface area contributed by atoms with Gasteiger partial charge in [-0.05, 0) is 11.4 Å². The summed E-state index contributed by atoms with van der Waals surface area (Å²) in [5.41, 5.74) is 1.79. The van der Waals surface area contributed by atoms with Gasteiger partial charge in [0.05, 0.1) is 5.69 Å². The molecule has 0 radical (unpaired) electrons. The van der Waals surface area contributed by atoms with Crippen molar-refractivity contribution in [3.8, 4) is 11.3 Å². The Morgan fingerprint density at radius 2 is 2.38 bits per heavy atom. The largest absolute Gasteiger partial charge is 0.480 e. The van der Waals surface area contributed by atoms with Crippen molar-refractivity contribution in [1.82, 2.24) is 9.97 Å². The zero-order chi connectivity index (χ0) is 11.4. The lowest BCUT2D eigenvalue weighted by Gasteiger charge is -2.03. The van der Waals surface area contributed by atoms with Gasteiger partial charge in [0, 0.05) is 17.0 Å². The van der Waals surface area contributed by atoms with Gasteiger partial charge in [0.25, 0.3) is 0 Å². The van der Waals surface area contributed by atoms with Gasteiger partial charge in [0.15, 0.2) is 0 Å². The summed E-state index contributed by atoms with van der Waals surface area (Å²) < 4.78 is 0. The highest BCUT2D eigenvalue weighted by Gasteiger charge is 2.03. The van der Waals surface area contributed by atoms with E-state index in [4.69, 9.17) is 5.11 Å². The van der Waals surface area contributed by atoms with Crippen LogP contribution in [-0.2, 0) is 4.79 Å². The Morgan fingerprint density at radius 1 is 1.50 bits per heavy atom. The second-order valence-electron chi connectivity index (χ2n) is 3.05.